The molecule has 31 heavy (non-hydrogen) atoms. The number of hydrogen-bond acceptors (Lipinski definition) is 2. The topological polar surface area (TPSA) is 57.8 Å². The van der Waals surface area contributed by atoms with Gasteiger partial charge in [-0.05, 0) is 62.4 Å². The van der Waals surface area contributed by atoms with Crippen LogP contribution in [-0.2, 0) is 11.2 Å². The standard InChI is InChI=1S/C27H29N3O/c1-18-13-15-24-22(17-18)21(10-6-12-26(31)28-20-8-3-4-9-20)27(30-24)25-16-14-19-7-2-5-11-23(19)29-25/h2,5,7,11,13-17,20,30H,3-4,6,8-10,12H2,1H3,(H,28,31). The summed E-state index contributed by atoms with van der Waals surface area (Å²) in [6.45, 7) is 2.12. The van der Waals surface area contributed by atoms with Crippen molar-refractivity contribution in [1.29, 1.82) is 0 Å². The van der Waals surface area contributed by atoms with Crippen LogP contribution >= 0.6 is 0 Å². The number of fused-ring (bicyclic) bond motifs is 2. The molecule has 0 atom stereocenters. The van der Waals surface area contributed by atoms with Crippen LogP contribution < -0.4 is 5.32 Å². The van der Waals surface area contributed by atoms with Gasteiger partial charge in [0.1, 0.15) is 0 Å². The van der Waals surface area contributed by atoms with Gasteiger partial charge < -0.3 is 10.3 Å². The third kappa shape index (κ3) is 4.20. The number of aromatic nitrogens is 2. The average molecular weight is 412 g/mol. The molecule has 1 aliphatic rings. The van der Waals surface area contributed by atoms with E-state index in [4.69, 9.17) is 4.98 Å². The number of aryl methyl sites for hydroxylation is 2. The molecule has 5 rings (SSSR count). The molecule has 0 aliphatic heterocycles. The van der Waals surface area contributed by atoms with Crippen molar-refractivity contribution in [2.24, 2.45) is 0 Å². The first kappa shape index (κ1) is 19.8. The van der Waals surface area contributed by atoms with Crippen molar-refractivity contribution in [2.75, 3.05) is 0 Å². The number of para-hydroxylation sites is 1. The summed E-state index contributed by atoms with van der Waals surface area (Å²) < 4.78 is 0. The highest BCUT2D eigenvalue weighted by Crippen LogP contribution is 2.32. The van der Waals surface area contributed by atoms with Crippen molar-refractivity contribution in [3.63, 3.8) is 0 Å². The first-order valence-corrected chi connectivity index (χ1v) is 11.4. The number of pyridine rings is 1. The second kappa shape index (κ2) is 8.54. The van der Waals surface area contributed by atoms with E-state index in [0.717, 1.165) is 53.5 Å². The first-order valence-electron chi connectivity index (χ1n) is 11.4. The number of amides is 1. The van der Waals surface area contributed by atoms with Gasteiger partial charge in [0.05, 0.1) is 16.9 Å². The summed E-state index contributed by atoms with van der Waals surface area (Å²) in [7, 11) is 0. The van der Waals surface area contributed by atoms with E-state index in [1.54, 1.807) is 0 Å². The summed E-state index contributed by atoms with van der Waals surface area (Å²) in [5, 5.41) is 5.59. The number of aromatic amines is 1. The maximum atomic E-state index is 12.4. The van der Waals surface area contributed by atoms with E-state index in [1.807, 2.05) is 12.1 Å². The molecule has 0 unspecified atom stereocenters. The number of rotatable bonds is 6. The molecule has 0 bridgehead atoms. The van der Waals surface area contributed by atoms with Crippen LogP contribution in [0.15, 0.2) is 54.6 Å². The monoisotopic (exact) mass is 411 g/mol. The molecule has 4 heteroatoms. The molecule has 2 heterocycles. The van der Waals surface area contributed by atoms with Crippen molar-refractivity contribution in [3.05, 3.63) is 65.7 Å². The minimum atomic E-state index is 0.188. The fraction of sp³-hybridized carbons (Fsp3) is 0.333. The fourth-order valence-corrected chi connectivity index (χ4v) is 4.84. The molecule has 2 aromatic heterocycles. The Morgan fingerprint density at radius 3 is 2.81 bits per heavy atom. The van der Waals surface area contributed by atoms with Gasteiger partial charge in [-0.3, -0.25) is 4.79 Å². The van der Waals surface area contributed by atoms with Crippen molar-refractivity contribution < 1.29 is 4.79 Å². The predicted octanol–water partition coefficient (Wildman–Crippen LogP) is 6.07. The van der Waals surface area contributed by atoms with Gasteiger partial charge in [0.15, 0.2) is 0 Å². The Balaban J connectivity index is 1.42. The molecular weight excluding hydrogens is 382 g/mol. The summed E-state index contributed by atoms with van der Waals surface area (Å²) >= 11 is 0. The minimum absolute atomic E-state index is 0.188. The van der Waals surface area contributed by atoms with Crippen LogP contribution in [0.2, 0.25) is 0 Å². The largest absolute Gasteiger partial charge is 0.353 e. The van der Waals surface area contributed by atoms with Crippen LogP contribution in [0.1, 0.15) is 49.7 Å². The number of hydrogen-bond donors (Lipinski definition) is 2. The number of carbonyl (C=O) groups excluding carboxylic acids is 1. The normalized spacial score (nSPS) is 14.5. The highest BCUT2D eigenvalue weighted by Gasteiger charge is 2.18. The van der Waals surface area contributed by atoms with Crippen molar-refractivity contribution in [1.82, 2.24) is 15.3 Å². The van der Waals surface area contributed by atoms with Crippen molar-refractivity contribution in [3.8, 4) is 11.4 Å². The van der Waals surface area contributed by atoms with Gasteiger partial charge >= 0.3 is 0 Å². The van der Waals surface area contributed by atoms with Crippen LogP contribution in [0.3, 0.4) is 0 Å². The highest BCUT2D eigenvalue weighted by atomic mass is 16.1. The van der Waals surface area contributed by atoms with Gasteiger partial charge in [-0.25, -0.2) is 4.98 Å². The number of H-pyrrole nitrogens is 1. The van der Waals surface area contributed by atoms with Gasteiger partial charge in [-0.2, -0.15) is 0 Å². The van der Waals surface area contributed by atoms with E-state index in [0.29, 0.717) is 12.5 Å². The van der Waals surface area contributed by atoms with Gasteiger partial charge in [-0.1, -0.05) is 48.7 Å². The van der Waals surface area contributed by atoms with Gasteiger partial charge in [0.25, 0.3) is 0 Å². The zero-order valence-electron chi connectivity index (χ0n) is 18.1. The SMILES string of the molecule is Cc1ccc2[nH]c(-c3ccc4ccccc4n3)c(CCCC(=O)NC3CCCC3)c2c1. The molecule has 1 saturated carbocycles. The van der Waals surface area contributed by atoms with E-state index < -0.39 is 0 Å². The van der Waals surface area contributed by atoms with E-state index in [2.05, 4.69) is 59.7 Å². The van der Waals surface area contributed by atoms with Crippen LogP contribution in [0.5, 0.6) is 0 Å². The van der Waals surface area contributed by atoms with Crippen LogP contribution in [0.25, 0.3) is 33.2 Å². The second-order valence-corrected chi connectivity index (χ2v) is 8.82. The zero-order chi connectivity index (χ0) is 21.2. The molecule has 0 radical (unpaired) electrons. The van der Waals surface area contributed by atoms with Crippen molar-refractivity contribution in [2.45, 2.75) is 57.9 Å². The Hall–Kier alpha value is -3.14. The Morgan fingerprint density at radius 1 is 1.10 bits per heavy atom. The van der Waals surface area contributed by atoms with Crippen LogP contribution in [0, 0.1) is 6.92 Å². The Labute approximate surface area is 183 Å². The molecule has 158 valence electrons. The quantitative estimate of drug-likeness (QED) is 0.404. The molecule has 2 aromatic carbocycles. The van der Waals surface area contributed by atoms with E-state index in [1.165, 1.54) is 29.4 Å². The summed E-state index contributed by atoms with van der Waals surface area (Å²) in [5.41, 5.74) is 6.65. The lowest BCUT2D eigenvalue weighted by atomic mass is 10.0. The van der Waals surface area contributed by atoms with Crippen LogP contribution in [-0.4, -0.2) is 21.9 Å². The summed E-state index contributed by atoms with van der Waals surface area (Å²) in [4.78, 5) is 20.9. The highest BCUT2D eigenvalue weighted by molar-refractivity contribution is 5.92. The van der Waals surface area contributed by atoms with E-state index in [9.17, 15) is 4.79 Å². The summed E-state index contributed by atoms with van der Waals surface area (Å²) in [6, 6.07) is 19.3. The van der Waals surface area contributed by atoms with E-state index in [-0.39, 0.29) is 5.91 Å². The number of benzene rings is 2. The molecule has 2 N–H and O–H groups in total. The maximum absolute atomic E-state index is 12.4. The first-order chi connectivity index (χ1) is 15.2. The third-order valence-electron chi connectivity index (χ3n) is 6.47. The molecule has 4 aromatic rings. The molecular formula is C27H29N3O. The molecule has 1 aliphatic carbocycles. The predicted molar refractivity (Wildman–Crippen MR) is 127 cm³/mol. The van der Waals surface area contributed by atoms with Gasteiger partial charge in [0, 0.05) is 28.8 Å². The maximum Gasteiger partial charge on any atom is 0.220 e. The molecule has 1 fully saturated rings. The Kier molecular flexibility index (Phi) is 5.46. The molecule has 4 nitrogen and oxygen atoms in total. The second-order valence-electron chi connectivity index (χ2n) is 8.82. The Bertz CT molecular complexity index is 1230. The Morgan fingerprint density at radius 2 is 1.94 bits per heavy atom. The lowest BCUT2D eigenvalue weighted by molar-refractivity contribution is -0.121. The van der Waals surface area contributed by atoms with E-state index >= 15 is 0 Å². The lowest BCUT2D eigenvalue weighted by Crippen LogP contribution is -2.32. The summed E-state index contributed by atoms with van der Waals surface area (Å²) in [6.07, 6.45) is 6.99. The van der Waals surface area contributed by atoms with Crippen LogP contribution in [0.4, 0.5) is 0 Å². The smallest absolute Gasteiger partial charge is 0.220 e. The zero-order valence-corrected chi connectivity index (χ0v) is 18.1. The third-order valence-corrected chi connectivity index (χ3v) is 6.47. The minimum Gasteiger partial charge on any atom is -0.353 e. The number of carbonyl (C=O) groups is 1. The number of nitrogens with zero attached hydrogens (tertiary/aromatic N) is 1. The average Bonchev–Trinajstić information content (AvgIpc) is 3.41. The molecule has 1 amide bonds. The van der Waals surface area contributed by atoms with Gasteiger partial charge in [0.2, 0.25) is 5.91 Å². The lowest BCUT2D eigenvalue weighted by Gasteiger charge is -2.12. The number of nitrogens with one attached hydrogen (secondary N) is 2. The fourth-order valence-electron chi connectivity index (χ4n) is 4.84. The summed E-state index contributed by atoms with van der Waals surface area (Å²) in [5.74, 6) is 0.188. The molecule has 0 saturated heterocycles. The van der Waals surface area contributed by atoms with Gasteiger partial charge in [-0.15, -0.1) is 0 Å². The molecule has 0 spiro atoms. The van der Waals surface area contributed by atoms with Crippen molar-refractivity contribution >= 4 is 27.7 Å².